The van der Waals surface area contributed by atoms with E-state index in [1.54, 1.807) is 13.8 Å². The summed E-state index contributed by atoms with van der Waals surface area (Å²) in [6, 6.07) is 0. The van der Waals surface area contributed by atoms with Crippen LogP contribution in [-0.4, -0.2) is 29.7 Å². The molecule has 0 spiro atoms. The molecule has 0 aromatic carbocycles. The van der Waals surface area contributed by atoms with Gasteiger partial charge in [0.25, 0.3) is 5.91 Å². The molecule has 6 nitrogen and oxygen atoms in total. The van der Waals surface area contributed by atoms with Crippen molar-refractivity contribution in [2.75, 3.05) is 19.0 Å². The monoisotopic (exact) mass is 253 g/mol. The van der Waals surface area contributed by atoms with E-state index in [1.165, 1.54) is 6.20 Å². The topological polar surface area (TPSA) is 86.4 Å². The van der Waals surface area contributed by atoms with Crippen LogP contribution in [-0.2, 0) is 4.74 Å². The van der Waals surface area contributed by atoms with E-state index in [2.05, 4.69) is 5.32 Å². The Hall–Kier alpha value is -1.98. The molecule has 3 N–H and O–H groups in total. The van der Waals surface area contributed by atoms with Gasteiger partial charge in [0.15, 0.2) is 0 Å². The van der Waals surface area contributed by atoms with Gasteiger partial charge in [-0.2, -0.15) is 0 Å². The van der Waals surface area contributed by atoms with E-state index in [0.717, 1.165) is 11.1 Å². The summed E-state index contributed by atoms with van der Waals surface area (Å²) < 4.78 is 6.06. The quantitative estimate of drug-likeness (QED) is 0.601. The third-order valence-electron chi connectivity index (χ3n) is 2.53. The number of nitrogen functional groups attached to an aromatic ring is 1. The summed E-state index contributed by atoms with van der Waals surface area (Å²) in [6.07, 6.45) is 2.25. The van der Waals surface area contributed by atoms with Gasteiger partial charge >= 0.3 is 5.97 Å². The first-order valence-corrected chi connectivity index (χ1v) is 5.95. The third kappa shape index (κ3) is 2.82. The lowest BCUT2D eigenvalue weighted by atomic mass is 10.1. The van der Waals surface area contributed by atoms with E-state index in [-0.39, 0.29) is 18.2 Å². The van der Waals surface area contributed by atoms with Crippen molar-refractivity contribution in [3.63, 3.8) is 0 Å². The third-order valence-corrected chi connectivity index (χ3v) is 2.53. The number of carbonyl (C=O) groups is 2. The molecule has 0 unspecified atom stereocenters. The van der Waals surface area contributed by atoms with Crippen LogP contribution < -0.4 is 11.2 Å². The first-order chi connectivity index (χ1) is 8.52. The Labute approximate surface area is 106 Å². The largest absolute Gasteiger partial charge is 0.462 e. The van der Waals surface area contributed by atoms with Gasteiger partial charge in [0.1, 0.15) is 5.69 Å². The molecule has 1 rings (SSSR count). The summed E-state index contributed by atoms with van der Waals surface area (Å²) in [6.45, 7) is 6.21. The highest BCUT2D eigenvalue weighted by Crippen LogP contribution is 2.16. The lowest BCUT2D eigenvalue weighted by Crippen LogP contribution is -2.29. The molecule has 100 valence electrons. The van der Waals surface area contributed by atoms with Gasteiger partial charge in [0.2, 0.25) is 0 Å². The van der Waals surface area contributed by atoms with Crippen molar-refractivity contribution in [1.29, 1.82) is 0 Å². The zero-order chi connectivity index (χ0) is 13.7. The molecule has 0 radical (unpaired) electrons. The van der Waals surface area contributed by atoms with Crippen molar-refractivity contribution in [2.45, 2.75) is 27.2 Å². The Morgan fingerprint density at radius 3 is 2.67 bits per heavy atom. The molecular formula is C12H19N3O3. The second kappa shape index (κ2) is 6.09. The number of amides is 1. The number of nitrogens with two attached hydrogens (primary N) is 1. The minimum Gasteiger partial charge on any atom is -0.462 e. The van der Waals surface area contributed by atoms with Crippen molar-refractivity contribution >= 4 is 11.9 Å². The summed E-state index contributed by atoms with van der Waals surface area (Å²) in [7, 11) is 0. The van der Waals surface area contributed by atoms with Crippen LogP contribution in [0.1, 0.15) is 46.7 Å². The summed E-state index contributed by atoms with van der Waals surface area (Å²) in [4.78, 5) is 23.5. The molecule has 1 aromatic heterocycles. The zero-order valence-corrected chi connectivity index (χ0v) is 10.9. The number of hydrogen-bond donors (Lipinski definition) is 2. The Balaban J connectivity index is 3.00. The normalized spacial score (nSPS) is 10.2. The fourth-order valence-electron chi connectivity index (χ4n) is 1.65. The van der Waals surface area contributed by atoms with E-state index in [1.807, 2.05) is 6.92 Å². The molecule has 1 aromatic rings. The maximum Gasteiger partial charge on any atom is 0.340 e. The molecule has 1 amide bonds. The van der Waals surface area contributed by atoms with Crippen LogP contribution in [0.15, 0.2) is 6.20 Å². The predicted octanol–water partition coefficient (Wildman–Crippen LogP) is 0.827. The van der Waals surface area contributed by atoms with Crippen molar-refractivity contribution in [3.8, 4) is 0 Å². The highest BCUT2D eigenvalue weighted by atomic mass is 16.5. The molecule has 0 saturated carbocycles. The zero-order valence-electron chi connectivity index (χ0n) is 10.9. The van der Waals surface area contributed by atoms with Crippen LogP contribution in [0.3, 0.4) is 0 Å². The first kappa shape index (κ1) is 14.1. The Bertz CT molecular complexity index is 452. The smallest absolute Gasteiger partial charge is 0.340 e. The highest BCUT2D eigenvalue weighted by Gasteiger charge is 2.22. The van der Waals surface area contributed by atoms with Gasteiger partial charge in [-0.3, -0.25) is 9.47 Å². The summed E-state index contributed by atoms with van der Waals surface area (Å²) in [5.41, 5.74) is 1.14. The highest BCUT2D eigenvalue weighted by molar-refractivity contribution is 5.99. The van der Waals surface area contributed by atoms with Crippen LogP contribution in [0.4, 0.5) is 0 Å². The molecule has 0 aliphatic heterocycles. The van der Waals surface area contributed by atoms with E-state index < -0.39 is 5.97 Å². The van der Waals surface area contributed by atoms with Gasteiger partial charge in [0, 0.05) is 12.7 Å². The SMILES string of the molecule is CCCNC(=O)c1c(C)c(C(=O)OCC)cn1N. The van der Waals surface area contributed by atoms with Gasteiger partial charge in [-0.15, -0.1) is 0 Å². The van der Waals surface area contributed by atoms with Crippen LogP contribution >= 0.6 is 0 Å². The molecule has 0 saturated heterocycles. The van der Waals surface area contributed by atoms with Crippen molar-refractivity contribution < 1.29 is 14.3 Å². The van der Waals surface area contributed by atoms with Gasteiger partial charge < -0.3 is 15.9 Å². The number of aromatic nitrogens is 1. The molecule has 1 heterocycles. The van der Waals surface area contributed by atoms with Crippen molar-refractivity contribution in [3.05, 3.63) is 23.0 Å². The molecule has 18 heavy (non-hydrogen) atoms. The van der Waals surface area contributed by atoms with Gasteiger partial charge in [-0.1, -0.05) is 6.92 Å². The van der Waals surface area contributed by atoms with Crippen LogP contribution in [0, 0.1) is 6.92 Å². The van der Waals surface area contributed by atoms with Crippen LogP contribution in [0.5, 0.6) is 0 Å². The number of nitrogens with zero attached hydrogens (tertiary/aromatic N) is 1. The van der Waals surface area contributed by atoms with E-state index in [4.69, 9.17) is 10.6 Å². The minimum atomic E-state index is -0.469. The fourth-order valence-corrected chi connectivity index (χ4v) is 1.65. The Kier molecular flexibility index (Phi) is 4.76. The number of carbonyl (C=O) groups excluding carboxylic acids is 2. The van der Waals surface area contributed by atoms with Gasteiger partial charge in [0.05, 0.1) is 12.2 Å². The van der Waals surface area contributed by atoms with Gasteiger partial charge in [-0.05, 0) is 25.8 Å². The van der Waals surface area contributed by atoms with Crippen LogP contribution in [0.2, 0.25) is 0 Å². The summed E-state index contributed by atoms with van der Waals surface area (Å²) in [5, 5.41) is 2.72. The lowest BCUT2D eigenvalue weighted by Gasteiger charge is -2.05. The second-order valence-corrected chi connectivity index (χ2v) is 3.90. The maximum atomic E-state index is 11.9. The fraction of sp³-hybridized carbons (Fsp3) is 0.500. The molecule has 0 aliphatic carbocycles. The van der Waals surface area contributed by atoms with E-state index in [9.17, 15) is 9.59 Å². The maximum absolute atomic E-state index is 11.9. The minimum absolute atomic E-state index is 0.283. The molecule has 0 fully saturated rings. The number of hydrogen-bond acceptors (Lipinski definition) is 4. The average molecular weight is 253 g/mol. The molecular weight excluding hydrogens is 234 g/mol. The van der Waals surface area contributed by atoms with Gasteiger partial charge in [-0.25, -0.2) is 4.79 Å². The summed E-state index contributed by atoms with van der Waals surface area (Å²) >= 11 is 0. The van der Waals surface area contributed by atoms with Crippen molar-refractivity contribution in [1.82, 2.24) is 9.99 Å². The molecule has 0 bridgehead atoms. The van der Waals surface area contributed by atoms with E-state index >= 15 is 0 Å². The number of esters is 1. The standard InChI is InChI=1S/C12H19N3O3/c1-4-6-14-11(16)10-8(3)9(7-15(10)13)12(17)18-5-2/h7H,4-6,13H2,1-3H3,(H,14,16). The Morgan fingerprint density at radius 1 is 1.44 bits per heavy atom. The summed E-state index contributed by atoms with van der Waals surface area (Å²) in [5.74, 6) is 4.94. The molecule has 6 heteroatoms. The molecule has 0 atom stereocenters. The predicted molar refractivity (Wildman–Crippen MR) is 67.9 cm³/mol. The number of rotatable bonds is 5. The Morgan fingerprint density at radius 2 is 2.11 bits per heavy atom. The van der Waals surface area contributed by atoms with E-state index in [0.29, 0.717) is 17.7 Å². The number of ether oxygens (including phenoxy) is 1. The lowest BCUT2D eigenvalue weighted by molar-refractivity contribution is 0.0525. The van der Waals surface area contributed by atoms with Crippen LogP contribution in [0.25, 0.3) is 0 Å². The molecule has 0 aliphatic rings. The number of nitrogens with one attached hydrogen (secondary N) is 1. The first-order valence-electron chi connectivity index (χ1n) is 5.95. The van der Waals surface area contributed by atoms with Crippen molar-refractivity contribution in [2.24, 2.45) is 0 Å². The second-order valence-electron chi connectivity index (χ2n) is 3.90. The average Bonchev–Trinajstić information content (AvgIpc) is 2.62.